The van der Waals surface area contributed by atoms with Crippen LogP contribution >= 0.6 is 11.6 Å². The van der Waals surface area contributed by atoms with Gasteiger partial charge in [-0.1, -0.05) is 29.8 Å². The number of aromatic nitrogens is 2. The standard InChI is InChI=1S/C17H19ClN4O2/c18-15-4-2-1-3-13(15)10-19-17(24)12-5-7-22(8-6-12)14-9-16(23)21-20-11-14/h1-4,9,11-12H,5-8,10H2,(H,19,24)(H,21,23). The van der Waals surface area contributed by atoms with E-state index in [0.29, 0.717) is 11.6 Å². The van der Waals surface area contributed by atoms with E-state index in [1.54, 1.807) is 6.20 Å². The molecule has 2 aromatic rings. The van der Waals surface area contributed by atoms with Crippen molar-refractivity contribution in [2.45, 2.75) is 19.4 Å². The Morgan fingerprint density at radius 2 is 2.08 bits per heavy atom. The summed E-state index contributed by atoms with van der Waals surface area (Å²) in [5.74, 6) is 0.0392. The third-order valence-electron chi connectivity index (χ3n) is 4.29. The Bertz CT molecular complexity index is 769. The molecule has 1 aromatic heterocycles. The Kier molecular flexibility index (Phi) is 5.15. The van der Waals surface area contributed by atoms with Crippen LogP contribution in [0.5, 0.6) is 0 Å². The molecule has 6 nitrogen and oxygen atoms in total. The first-order chi connectivity index (χ1) is 11.6. The predicted octanol–water partition coefficient (Wildman–Crippen LogP) is 1.96. The number of benzene rings is 1. The second-order valence-electron chi connectivity index (χ2n) is 5.87. The van der Waals surface area contributed by atoms with Crippen LogP contribution in [-0.2, 0) is 11.3 Å². The van der Waals surface area contributed by atoms with E-state index in [1.165, 1.54) is 6.07 Å². The molecule has 0 spiro atoms. The van der Waals surface area contributed by atoms with Gasteiger partial charge >= 0.3 is 0 Å². The third kappa shape index (κ3) is 3.94. The van der Waals surface area contributed by atoms with Gasteiger partial charge in [0.15, 0.2) is 0 Å². The molecule has 2 N–H and O–H groups in total. The summed E-state index contributed by atoms with van der Waals surface area (Å²) in [5.41, 5.74) is 1.50. The molecule has 126 valence electrons. The zero-order valence-corrected chi connectivity index (χ0v) is 13.9. The van der Waals surface area contributed by atoms with Gasteiger partial charge in [0, 0.05) is 36.6 Å². The van der Waals surface area contributed by atoms with Crippen LogP contribution in [0.2, 0.25) is 5.02 Å². The van der Waals surface area contributed by atoms with Crippen LogP contribution in [0.1, 0.15) is 18.4 Å². The van der Waals surface area contributed by atoms with Crippen molar-refractivity contribution in [2.75, 3.05) is 18.0 Å². The highest BCUT2D eigenvalue weighted by molar-refractivity contribution is 6.31. The molecule has 0 aliphatic carbocycles. The van der Waals surface area contributed by atoms with E-state index < -0.39 is 0 Å². The first-order valence-corrected chi connectivity index (χ1v) is 8.32. The highest BCUT2D eigenvalue weighted by Gasteiger charge is 2.25. The van der Waals surface area contributed by atoms with E-state index in [2.05, 4.69) is 20.4 Å². The Morgan fingerprint density at radius 3 is 2.79 bits per heavy atom. The lowest BCUT2D eigenvalue weighted by Crippen LogP contribution is -2.40. The van der Waals surface area contributed by atoms with Crippen molar-refractivity contribution in [1.82, 2.24) is 15.5 Å². The Hall–Kier alpha value is -2.34. The van der Waals surface area contributed by atoms with Gasteiger partial charge in [0.1, 0.15) is 0 Å². The number of halogens is 1. The predicted molar refractivity (Wildman–Crippen MR) is 93.1 cm³/mol. The van der Waals surface area contributed by atoms with Crippen molar-refractivity contribution in [3.63, 3.8) is 0 Å². The molecular weight excluding hydrogens is 328 g/mol. The van der Waals surface area contributed by atoms with Gasteiger partial charge in [0.25, 0.3) is 5.56 Å². The van der Waals surface area contributed by atoms with Crippen LogP contribution in [0.3, 0.4) is 0 Å². The number of anilines is 1. The molecule has 0 radical (unpaired) electrons. The van der Waals surface area contributed by atoms with Crippen LogP contribution in [0.15, 0.2) is 41.3 Å². The summed E-state index contributed by atoms with van der Waals surface area (Å²) in [6, 6.07) is 9.03. The van der Waals surface area contributed by atoms with E-state index in [-0.39, 0.29) is 17.4 Å². The molecule has 0 saturated carbocycles. The summed E-state index contributed by atoms with van der Waals surface area (Å²) in [7, 11) is 0. The number of aromatic amines is 1. The minimum atomic E-state index is -0.216. The van der Waals surface area contributed by atoms with Gasteiger partial charge in [-0.25, -0.2) is 5.10 Å². The molecule has 7 heteroatoms. The van der Waals surface area contributed by atoms with Crippen molar-refractivity contribution in [3.8, 4) is 0 Å². The summed E-state index contributed by atoms with van der Waals surface area (Å²) in [6.45, 7) is 1.90. The number of amides is 1. The van der Waals surface area contributed by atoms with Crippen LogP contribution in [0, 0.1) is 5.92 Å². The molecule has 1 aromatic carbocycles. The lowest BCUT2D eigenvalue weighted by Gasteiger charge is -2.32. The Labute approximate surface area is 144 Å². The Balaban J connectivity index is 1.52. The van der Waals surface area contributed by atoms with Crippen LogP contribution < -0.4 is 15.8 Å². The zero-order valence-electron chi connectivity index (χ0n) is 13.2. The largest absolute Gasteiger partial charge is 0.370 e. The summed E-state index contributed by atoms with van der Waals surface area (Å²) < 4.78 is 0. The second-order valence-corrected chi connectivity index (χ2v) is 6.28. The number of H-pyrrole nitrogens is 1. The fourth-order valence-electron chi connectivity index (χ4n) is 2.91. The topological polar surface area (TPSA) is 78.1 Å². The van der Waals surface area contributed by atoms with Gasteiger partial charge in [0.05, 0.1) is 11.9 Å². The zero-order chi connectivity index (χ0) is 16.9. The number of hydrogen-bond acceptors (Lipinski definition) is 4. The molecule has 2 heterocycles. The van der Waals surface area contributed by atoms with Gasteiger partial charge in [-0.2, -0.15) is 5.10 Å². The second kappa shape index (κ2) is 7.49. The van der Waals surface area contributed by atoms with Gasteiger partial charge in [-0.05, 0) is 24.5 Å². The normalized spacial score (nSPS) is 15.3. The minimum absolute atomic E-state index is 0.0151. The highest BCUT2D eigenvalue weighted by Crippen LogP contribution is 2.22. The summed E-state index contributed by atoms with van der Waals surface area (Å²) in [6.07, 6.45) is 3.14. The fourth-order valence-corrected chi connectivity index (χ4v) is 3.11. The van der Waals surface area contributed by atoms with Crippen molar-refractivity contribution in [1.29, 1.82) is 0 Å². The Morgan fingerprint density at radius 1 is 1.33 bits per heavy atom. The number of carbonyl (C=O) groups is 1. The van der Waals surface area contributed by atoms with E-state index in [1.807, 2.05) is 24.3 Å². The maximum absolute atomic E-state index is 12.3. The van der Waals surface area contributed by atoms with Crippen molar-refractivity contribution >= 4 is 23.2 Å². The average Bonchev–Trinajstić information content (AvgIpc) is 2.61. The molecule has 1 aliphatic heterocycles. The van der Waals surface area contributed by atoms with Gasteiger partial charge in [-0.15, -0.1) is 0 Å². The van der Waals surface area contributed by atoms with Gasteiger partial charge < -0.3 is 10.2 Å². The molecule has 0 bridgehead atoms. The van der Waals surface area contributed by atoms with Crippen LogP contribution in [0.25, 0.3) is 0 Å². The van der Waals surface area contributed by atoms with Crippen molar-refractivity contribution in [2.24, 2.45) is 5.92 Å². The highest BCUT2D eigenvalue weighted by atomic mass is 35.5. The lowest BCUT2D eigenvalue weighted by atomic mass is 9.95. The molecule has 3 rings (SSSR count). The van der Waals surface area contributed by atoms with Crippen molar-refractivity contribution in [3.05, 3.63) is 57.5 Å². The maximum atomic E-state index is 12.3. The fraction of sp³-hybridized carbons (Fsp3) is 0.353. The number of nitrogens with zero attached hydrogens (tertiary/aromatic N) is 2. The first kappa shape index (κ1) is 16.5. The number of piperidine rings is 1. The molecule has 1 saturated heterocycles. The van der Waals surface area contributed by atoms with Crippen LogP contribution in [0.4, 0.5) is 5.69 Å². The smallest absolute Gasteiger partial charge is 0.266 e. The van der Waals surface area contributed by atoms with Crippen molar-refractivity contribution < 1.29 is 4.79 Å². The first-order valence-electron chi connectivity index (χ1n) is 7.94. The monoisotopic (exact) mass is 346 g/mol. The van der Waals surface area contributed by atoms with Gasteiger partial charge in [0.2, 0.25) is 5.91 Å². The SMILES string of the molecule is O=C(NCc1ccccc1Cl)C1CCN(c2cn[nH]c(=O)c2)CC1. The van der Waals surface area contributed by atoms with E-state index in [0.717, 1.165) is 37.2 Å². The quantitative estimate of drug-likeness (QED) is 0.887. The molecule has 1 fully saturated rings. The van der Waals surface area contributed by atoms with E-state index >= 15 is 0 Å². The molecule has 1 amide bonds. The van der Waals surface area contributed by atoms with Crippen LogP contribution in [-0.4, -0.2) is 29.2 Å². The number of carbonyl (C=O) groups excluding carboxylic acids is 1. The number of rotatable bonds is 4. The third-order valence-corrected chi connectivity index (χ3v) is 4.66. The maximum Gasteiger partial charge on any atom is 0.266 e. The number of hydrogen-bond donors (Lipinski definition) is 2. The van der Waals surface area contributed by atoms with E-state index in [9.17, 15) is 9.59 Å². The summed E-state index contributed by atoms with van der Waals surface area (Å²) in [4.78, 5) is 25.8. The summed E-state index contributed by atoms with van der Waals surface area (Å²) >= 11 is 6.10. The molecule has 0 unspecified atom stereocenters. The lowest BCUT2D eigenvalue weighted by molar-refractivity contribution is -0.125. The molecule has 1 aliphatic rings. The van der Waals surface area contributed by atoms with Gasteiger partial charge in [-0.3, -0.25) is 9.59 Å². The molecule has 0 atom stereocenters. The summed E-state index contributed by atoms with van der Waals surface area (Å²) in [5, 5.41) is 9.81. The van der Waals surface area contributed by atoms with E-state index in [4.69, 9.17) is 11.6 Å². The minimum Gasteiger partial charge on any atom is -0.370 e. The number of nitrogens with one attached hydrogen (secondary N) is 2. The average molecular weight is 347 g/mol. The molecule has 24 heavy (non-hydrogen) atoms. The molecular formula is C17H19ClN4O2.